The first-order valence-electron chi connectivity index (χ1n) is 10.0. The van der Waals surface area contributed by atoms with Crippen molar-refractivity contribution >= 4 is 22.5 Å². The molecule has 4 rings (SSSR count). The van der Waals surface area contributed by atoms with Crippen LogP contribution in [0.15, 0.2) is 47.3 Å². The van der Waals surface area contributed by atoms with Crippen LogP contribution < -0.4 is 15.6 Å². The Kier molecular flexibility index (Phi) is 5.94. The molecule has 0 spiro atoms. The molecule has 2 aromatic heterocycles. The Morgan fingerprint density at radius 2 is 2.00 bits per heavy atom. The second-order valence-corrected chi connectivity index (χ2v) is 6.90. The minimum atomic E-state index is -0.380. The number of nitrogens with zero attached hydrogens (tertiary/aromatic N) is 3. The predicted molar refractivity (Wildman–Crippen MR) is 117 cm³/mol. The van der Waals surface area contributed by atoms with Gasteiger partial charge in [0.15, 0.2) is 5.65 Å². The van der Waals surface area contributed by atoms with E-state index < -0.39 is 0 Å². The highest BCUT2D eigenvalue weighted by Gasteiger charge is 2.16. The zero-order valence-electron chi connectivity index (χ0n) is 17.3. The molecule has 1 amide bonds. The summed E-state index contributed by atoms with van der Waals surface area (Å²) in [5.41, 5.74) is 2.31. The number of benzene rings is 2. The lowest BCUT2D eigenvalue weighted by Crippen LogP contribution is -2.25. The first-order chi connectivity index (χ1) is 15.1. The molecule has 2 N–H and O–H groups in total. The summed E-state index contributed by atoms with van der Waals surface area (Å²) in [5.74, 6) is 0.502. The molecule has 9 heteroatoms. The molecule has 4 aromatic rings. The van der Waals surface area contributed by atoms with E-state index in [1.165, 1.54) is 0 Å². The number of fused-ring (bicyclic) bond motifs is 3. The van der Waals surface area contributed by atoms with Crippen molar-refractivity contribution in [2.45, 2.75) is 13.3 Å². The maximum atomic E-state index is 12.6. The number of hydrogen-bond acceptors (Lipinski definition) is 6. The Morgan fingerprint density at radius 1 is 1.19 bits per heavy atom. The van der Waals surface area contributed by atoms with E-state index in [0.29, 0.717) is 47.6 Å². The monoisotopic (exact) mass is 421 g/mol. The van der Waals surface area contributed by atoms with Gasteiger partial charge >= 0.3 is 0 Å². The molecule has 0 fully saturated rings. The fourth-order valence-electron chi connectivity index (χ4n) is 3.33. The molecule has 2 heterocycles. The maximum absolute atomic E-state index is 12.6. The summed E-state index contributed by atoms with van der Waals surface area (Å²) in [6.45, 7) is 3.69. The van der Waals surface area contributed by atoms with Crippen LogP contribution in [0.5, 0.6) is 5.75 Å². The number of rotatable bonds is 8. The van der Waals surface area contributed by atoms with Gasteiger partial charge in [0.2, 0.25) is 0 Å². The van der Waals surface area contributed by atoms with Crippen LogP contribution in [0, 0.1) is 0 Å². The van der Waals surface area contributed by atoms with Crippen LogP contribution in [-0.4, -0.2) is 52.6 Å². The average Bonchev–Trinajstić information content (AvgIpc) is 3.22. The molecular weight excluding hydrogens is 398 g/mol. The van der Waals surface area contributed by atoms with Crippen molar-refractivity contribution in [3.8, 4) is 17.0 Å². The van der Waals surface area contributed by atoms with E-state index in [4.69, 9.17) is 9.47 Å². The third kappa shape index (κ3) is 4.13. The van der Waals surface area contributed by atoms with Gasteiger partial charge in [0, 0.05) is 30.9 Å². The number of amides is 1. The van der Waals surface area contributed by atoms with Crippen LogP contribution in [0.3, 0.4) is 0 Å². The molecule has 0 atom stereocenters. The van der Waals surface area contributed by atoms with Gasteiger partial charge in [-0.25, -0.2) is 9.73 Å². The predicted octanol–water partition coefficient (Wildman–Crippen LogP) is 2.40. The smallest absolute Gasteiger partial charge is 0.281 e. The summed E-state index contributed by atoms with van der Waals surface area (Å²) < 4.78 is 12.1. The average molecular weight is 421 g/mol. The minimum Gasteiger partial charge on any atom is -0.497 e. The molecular formula is C22H23N5O4. The number of H-pyrrole nitrogens is 1. The molecule has 31 heavy (non-hydrogen) atoms. The summed E-state index contributed by atoms with van der Waals surface area (Å²) in [5, 5.41) is 10.5. The number of aromatic nitrogens is 4. The lowest BCUT2D eigenvalue weighted by molar-refractivity contribution is 0.0944. The van der Waals surface area contributed by atoms with E-state index in [-0.39, 0.29) is 11.5 Å². The number of hydrogen-bond donors (Lipinski definition) is 2. The van der Waals surface area contributed by atoms with Crippen LogP contribution in [0.25, 0.3) is 27.8 Å². The van der Waals surface area contributed by atoms with E-state index in [0.717, 1.165) is 17.7 Å². The molecule has 9 nitrogen and oxygen atoms in total. The highest BCUT2D eigenvalue weighted by Crippen LogP contribution is 2.24. The second-order valence-electron chi connectivity index (χ2n) is 6.90. The second kappa shape index (κ2) is 8.97. The SMILES string of the molecule is CCOCCCNC(=O)c1ccc2c(=O)nc3c(-c4ccc(OC)cc4)n[nH]n3c2c1. The highest BCUT2D eigenvalue weighted by molar-refractivity contribution is 5.98. The van der Waals surface area contributed by atoms with Crippen molar-refractivity contribution in [3.05, 3.63) is 58.4 Å². The van der Waals surface area contributed by atoms with Crippen LogP contribution in [0.4, 0.5) is 0 Å². The number of aromatic amines is 1. The van der Waals surface area contributed by atoms with E-state index in [1.807, 2.05) is 31.2 Å². The Hall–Kier alpha value is -3.72. The van der Waals surface area contributed by atoms with Crippen molar-refractivity contribution in [1.82, 2.24) is 25.1 Å². The van der Waals surface area contributed by atoms with Crippen molar-refractivity contribution < 1.29 is 14.3 Å². The Morgan fingerprint density at radius 3 is 2.74 bits per heavy atom. The van der Waals surface area contributed by atoms with Gasteiger partial charge in [-0.1, -0.05) is 0 Å². The molecule has 0 aliphatic rings. The fourth-order valence-corrected chi connectivity index (χ4v) is 3.33. The number of methoxy groups -OCH3 is 1. The van der Waals surface area contributed by atoms with E-state index in [1.54, 1.807) is 29.8 Å². The van der Waals surface area contributed by atoms with Crippen LogP contribution in [0.2, 0.25) is 0 Å². The first-order valence-corrected chi connectivity index (χ1v) is 10.0. The van der Waals surface area contributed by atoms with Crippen LogP contribution >= 0.6 is 0 Å². The molecule has 0 radical (unpaired) electrons. The lowest BCUT2D eigenvalue weighted by atomic mass is 10.1. The molecule has 0 bridgehead atoms. The molecule has 0 aliphatic heterocycles. The number of ether oxygens (including phenoxy) is 2. The van der Waals surface area contributed by atoms with Crippen molar-refractivity contribution in [2.75, 3.05) is 26.9 Å². The molecule has 2 aromatic carbocycles. The Bertz CT molecular complexity index is 1280. The summed E-state index contributed by atoms with van der Waals surface area (Å²) in [6.07, 6.45) is 0.729. The fraction of sp³-hybridized carbons (Fsp3) is 0.273. The number of carbonyl (C=O) groups excluding carboxylic acids is 1. The summed E-state index contributed by atoms with van der Waals surface area (Å²) in [7, 11) is 1.60. The van der Waals surface area contributed by atoms with Gasteiger partial charge in [-0.05, 0) is 55.8 Å². The Balaban J connectivity index is 1.69. The largest absolute Gasteiger partial charge is 0.497 e. The van der Waals surface area contributed by atoms with E-state index in [9.17, 15) is 9.59 Å². The van der Waals surface area contributed by atoms with Crippen LogP contribution in [-0.2, 0) is 4.74 Å². The van der Waals surface area contributed by atoms with Gasteiger partial charge in [0.1, 0.15) is 11.4 Å². The van der Waals surface area contributed by atoms with Gasteiger partial charge < -0.3 is 14.8 Å². The number of carbonyl (C=O) groups is 1. The summed E-state index contributed by atoms with van der Waals surface area (Å²) in [4.78, 5) is 29.4. The maximum Gasteiger partial charge on any atom is 0.281 e. The zero-order valence-corrected chi connectivity index (χ0v) is 17.3. The van der Waals surface area contributed by atoms with Gasteiger partial charge in [0.25, 0.3) is 11.5 Å². The molecule has 0 saturated heterocycles. The first kappa shape index (κ1) is 20.5. The van der Waals surface area contributed by atoms with Gasteiger partial charge in [-0.2, -0.15) is 10.1 Å². The normalized spacial score (nSPS) is 11.2. The number of nitrogens with one attached hydrogen (secondary N) is 2. The minimum absolute atomic E-state index is 0.216. The van der Waals surface area contributed by atoms with E-state index in [2.05, 4.69) is 20.6 Å². The standard InChI is InChI=1S/C22H23N5O4/c1-3-31-12-4-11-23-21(28)15-7-10-17-18(13-15)27-20(24-22(17)29)19(25-26-27)14-5-8-16(30-2)9-6-14/h5-10,13,26H,3-4,11-12H2,1-2H3,(H,23,28). The quantitative estimate of drug-likeness (QED) is 0.423. The van der Waals surface area contributed by atoms with Gasteiger partial charge in [-0.3, -0.25) is 9.59 Å². The highest BCUT2D eigenvalue weighted by atomic mass is 16.5. The van der Waals surface area contributed by atoms with Crippen LogP contribution in [0.1, 0.15) is 23.7 Å². The van der Waals surface area contributed by atoms with E-state index >= 15 is 0 Å². The molecule has 0 saturated carbocycles. The molecule has 0 aliphatic carbocycles. The Labute approximate surface area is 178 Å². The van der Waals surface area contributed by atoms with Gasteiger partial charge in [-0.15, -0.1) is 0 Å². The van der Waals surface area contributed by atoms with Crippen molar-refractivity contribution in [3.63, 3.8) is 0 Å². The van der Waals surface area contributed by atoms with Crippen molar-refractivity contribution in [1.29, 1.82) is 0 Å². The third-order valence-corrected chi connectivity index (χ3v) is 4.94. The third-order valence-electron chi connectivity index (χ3n) is 4.94. The topological polar surface area (TPSA) is 111 Å². The lowest BCUT2D eigenvalue weighted by Gasteiger charge is -2.07. The van der Waals surface area contributed by atoms with Gasteiger partial charge in [0.05, 0.1) is 18.0 Å². The summed E-state index contributed by atoms with van der Waals surface area (Å²) >= 11 is 0. The van der Waals surface area contributed by atoms with Crippen molar-refractivity contribution in [2.24, 2.45) is 0 Å². The zero-order chi connectivity index (χ0) is 21.8. The summed E-state index contributed by atoms with van der Waals surface area (Å²) in [6, 6.07) is 12.2. The molecule has 160 valence electrons. The molecule has 0 unspecified atom stereocenters.